The second-order valence-corrected chi connectivity index (χ2v) is 8.05. The van der Waals surface area contributed by atoms with Gasteiger partial charge in [-0.2, -0.15) is 15.3 Å². The maximum Gasteiger partial charge on any atom is 0.175 e. The number of aromatic nitrogens is 6. The first-order valence-corrected chi connectivity index (χ1v) is 10.8. The van der Waals surface area contributed by atoms with Gasteiger partial charge in [-0.05, 0) is 43.8 Å². The zero-order valence-electron chi connectivity index (χ0n) is 17.6. The number of anilines is 2. The highest BCUT2D eigenvalue weighted by molar-refractivity contribution is 7.80. The normalized spacial score (nSPS) is 11.0. The molecular weight excluding hydrogens is 451 g/mol. The third-order valence-corrected chi connectivity index (χ3v) is 5.52. The minimum Gasteiger partial charge on any atom is -0.330 e. The smallest absolute Gasteiger partial charge is 0.175 e. The predicted octanol–water partition coefficient (Wildman–Crippen LogP) is 4.30. The Labute approximate surface area is 195 Å². The van der Waals surface area contributed by atoms with Gasteiger partial charge >= 0.3 is 0 Å². The summed E-state index contributed by atoms with van der Waals surface area (Å²) in [6.07, 6.45) is 8.93. The van der Waals surface area contributed by atoms with Crippen LogP contribution in [0.2, 0.25) is 5.02 Å². The lowest BCUT2D eigenvalue weighted by atomic mass is 10.2. The van der Waals surface area contributed by atoms with Crippen LogP contribution in [0, 0.1) is 12.7 Å². The summed E-state index contributed by atoms with van der Waals surface area (Å²) in [5.41, 5.74) is 4.52. The molecule has 166 valence electrons. The van der Waals surface area contributed by atoms with Crippen LogP contribution in [-0.4, -0.2) is 34.5 Å². The molecule has 0 aliphatic heterocycles. The topological polar surface area (TPSA) is 77.5 Å². The van der Waals surface area contributed by atoms with Crippen LogP contribution in [0.25, 0.3) is 0 Å². The van der Waals surface area contributed by atoms with Crippen LogP contribution in [-0.2, 0) is 19.6 Å². The average Bonchev–Trinajstić information content (AvgIpc) is 3.46. The molecule has 0 amide bonds. The molecule has 1 aromatic carbocycles. The Bertz CT molecular complexity index is 1240. The van der Waals surface area contributed by atoms with Gasteiger partial charge in [0, 0.05) is 35.2 Å². The second-order valence-electron chi connectivity index (χ2n) is 7.24. The third-order valence-electron chi connectivity index (χ3n) is 4.97. The summed E-state index contributed by atoms with van der Waals surface area (Å²) in [5, 5.41) is 20.0. The van der Waals surface area contributed by atoms with E-state index in [1.165, 1.54) is 12.1 Å². The van der Waals surface area contributed by atoms with Crippen molar-refractivity contribution in [3.8, 4) is 0 Å². The lowest BCUT2D eigenvalue weighted by Crippen LogP contribution is -2.18. The molecule has 4 rings (SSSR count). The van der Waals surface area contributed by atoms with Gasteiger partial charge in [0.2, 0.25) is 0 Å². The van der Waals surface area contributed by atoms with Gasteiger partial charge in [-0.15, -0.1) is 0 Å². The summed E-state index contributed by atoms with van der Waals surface area (Å²) in [6.45, 7) is 6.01. The molecule has 11 heteroatoms. The maximum absolute atomic E-state index is 13.2. The molecule has 2 N–H and O–H groups in total. The van der Waals surface area contributed by atoms with E-state index in [2.05, 4.69) is 39.8 Å². The SMILES string of the molecule is CCn1ncc(Cn2cc(NC(=S)Nc3cnn(Cc4ccc(F)cc4Cl)c3)cn2)c1C. The van der Waals surface area contributed by atoms with Gasteiger partial charge < -0.3 is 10.6 Å². The van der Waals surface area contributed by atoms with E-state index in [1.54, 1.807) is 29.3 Å². The molecule has 0 aliphatic rings. The Hall–Kier alpha value is -3.24. The van der Waals surface area contributed by atoms with Crippen LogP contribution in [0.5, 0.6) is 0 Å². The Morgan fingerprint density at radius 3 is 2.19 bits per heavy atom. The van der Waals surface area contributed by atoms with Gasteiger partial charge in [0.15, 0.2) is 5.11 Å². The van der Waals surface area contributed by atoms with Gasteiger partial charge in [-0.25, -0.2) is 4.39 Å². The highest BCUT2D eigenvalue weighted by Crippen LogP contribution is 2.19. The zero-order chi connectivity index (χ0) is 22.7. The fourth-order valence-electron chi connectivity index (χ4n) is 3.28. The molecular formula is C21H22ClFN8S. The number of nitrogens with zero attached hydrogens (tertiary/aromatic N) is 6. The van der Waals surface area contributed by atoms with Crippen LogP contribution >= 0.6 is 23.8 Å². The van der Waals surface area contributed by atoms with Crippen LogP contribution in [0.15, 0.2) is 49.2 Å². The van der Waals surface area contributed by atoms with Crippen LogP contribution in [0.3, 0.4) is 0 Å². The van der Waals surface area contributed by atoms with E-state index in [9.17, 15) is 4.39 Å². The number of thiocarbonyl (C=S) groups is 1. The van der Waals surface area contributed by atoms with Crippen molar-refractivity contribution in [2.24, 2.45) is 0 Å². The second kappa shape index (κ2) is 9.49. The van der Waals surface area contributed by atoms with Crippen molar-refractivity contribution < 1.29 is 4.39 Å². The van der Waals surface area contributed by atoms with Gasteiger partial charge in [0.25, 0.3) is 0 Å². The van der Waals surface area contributed by atoms with Crippen molar-refractivity contribution in [2.75, 3.05) is 10.6 Å². The molecule has 3 heterocycles. The van der Waals surface area contributed by atoms with E-state index in [4.69, 9.17) is 23.8 Å². The molecule has 8 nitrogen and oxygen atoms in total. The summed E-state index contributed by atoms with van der Waals surface area (Å²) in [4.78, 5) is 0. The molecule has 0 aliphatic carbocycles. The summed E-state index contributed by atoms with van der Waals surface area (Å²) in [6, 6.07) is 4.31. The quantitative estimate of drug-likeness (QED) is 0.390. The van der Waals surface area contributed by atoms with Crippen LogP contribution in [0.1, 0.15) is 23.7 Å². The van der Waals surface area contributed by atoms with Gasteiger partial charge in [0.05, 0.1) is 43.1 Å². The highest BCUT2D eigenvalue weighted by Gasteiger charge is 2.09. The number of rotatable bonds is 7. The predicted molar refractivity (Wildman–Crippen MR) is 127 cm³/mol. The summed E-state index contributed by atoms with van der Waals surface area (Å²) < 4.78 is 18.7. The van der Waals surface area contributed by atoms with Crippen molar-refractivity contribution in [2.45, 2.75) is 33.5 Å². The van der Waals surface area contributed by atoms with Crippen molar-refractivity contribution in [1.29, 1.82) is 0 Å². The van der Waals surface area contributed by atoms with Gasteiger partial charge in [-0.1, -0.05) is 17.7 Å². The third kappa shape index (κ3) is 5.14. The van der Waals surface area contributed by atoms with E-state index in [0.717, 1.165) is 34.7 Å². The van der Waals surface area contributed by atoms with E-state index < -0.39 is 0 Å². The molecule has 3 aromatic heterocycles. The number of aryl methyl sites for hydroxylation is 1. The van der Waals surface area contributed by atoms with Crippen LogP contribution < -0.4 is 10.6 Å². The highest BCUT2D eigenvalue weighted by atomic mass is 35.5. The van der Waals surface area contributed by atoms with Gasteiger partial charge in [-0.3, -0.25) is 14.0 Å². The van der Waals surface area contributed by atoms with E-state index in [0.29, 0.717) is 23.2 Å². The molecule has 0 bridgehead atoms. The summed E-state index contributed by atoms with van der Waals surface area (Å²) >= 11 is 11.5. The molecule has 0 fully saturated rings. The molecule has 0 saturated carbocycles. The standard InChI is InChI=1S/C21H22ClFN8S/c1-3-31-14(2)16(7-26-31)11-30-13-19(9-25-30)28-21(32)27-18-8-24-29(12-18)10-15-4-5-17(23)6-20(15)22/h4-9,12-13H,3,10-11H2,1-2H3,(H2,27,28,32). The zero-order valence-corrected chi connectivity index (χ0v) is 19.2. The van der Waals surface area contributed by atoms with Crippen molar-refractivity contribution in [3.05, 3.63) is 76.8 Å². The molecule has 0 spiro atoms. The molecule has 0 radical (unpaired) electrons. The van der Waals surface area contributed by atoms with Crippen molar-refractivity contribution in [1.82, 2.24) is 29.3 Å². The minimum atomic E-state index is -0.368. The first-order chi connectivity index (χ1) is 15.4. The number of hydrogen-bond acceptors (Lipinski definition) is 4. The maximum atomic E-state index is 13.2. The Morgan fingerprint density at radius 1 is 1.00 bits per heavy atom. The molecule has 0 saturated heterocycles. The average molecular weight is 473 g/mol. The van der Waals surface area contributed by atoms with Gasteiger partial charge in [0.1, 0.15) is 5.82 Å². The lowest BCUT2D eigenvalue weighted by molar-refractivity contribution is 0.624. The first-order valence-electron chi connectivity index (χ1n) is 9.99. The van der Waals surface area contributed by atoms with E-state index in [1.807, 2.05) is 21.8 Å². The fraction of sp³-hybridized carbons (Fsp3) is 0.238. The van der Waals surface area contributed by atoms with E-state index in [-0.39, 0.29) is 5.82 Å². The lowest BCUT2D eigenvalue weighted by Gasteiger charge is -2.07. The Kier molecular flexibility index (Phi) is 6.52. The molecule has 32 heavy (non-hydrogen) atoms. The molecule has 0 atom stereocenters. The van der Waals surface area contributed by atoms with Crippen LogP contribution in [0.4, 0.5) is 15.8 Å². The number of nitrogens with one attached hydrogen (secondary N) is 2. The largest absolute Gasteiger partial charge is 0.330 e. The summed E-state index contributed by atoms with van der Waals surface area (Å²) in [7, 11) is 0. The molecule has 0 unspecified atom stereocenters. The summed E-state index contributed by atoms with van der Waals surface area (Å²) in [5.74, 6) is -0.368. The Balaban J connectivity index is 1.33. The minimum absolute atomic E-state index is 0.362. The number of halogens is 2. The number of hydrogen-bond donors (Lipinski definition) is 2. The van der Waals surface area contributed by atoms with E-state index >= 15 is 0 Å². The molecule has 4 aromatic rings. The first kappa shape index (κ1) is 22.0. The number of benzene rings is 1. The van der Waals surface area contributed by atoms with Crippen molar-refractivity contribution >= 4 is 40.3 Å². The van der Waals surface area contributed by atoms with Crippen molar-refractivity contribution in [3.63, 3.8) is 0 Å². The fourth-order valence-corrected chi connectivity index (χ4v) is 3.74. The monoisotopic (exact) mass is 472 g/mol. The Morgan fingerprint density at radius 2 is 1.62 bits per heavy atom.